The number of amides is 1. The minimum atomic E-state index is -0.671. The van der Waals surface area contributed by atoms with Gasteiger partial charge in [-0.05, 0) is 36.6 Å². The molecule has 0 bridgehead atoms. The van der Waals surface area contributed by atoms with E-state index in [2.05, 4.69) is 46.3 Å². The summed E-state index contributed by atoms with van der Waals surface area (Å²) < 4.78 is 11.6. The van der Waals surface area contributed by atoms with Gasteiger partial charge in [0, 0.05) is 13.1 Å². The number of hydrogen-bond acceptors (Lipinski definition) is 4. The molecule has 0 aromatic heterocycles. The summed E-state index contributed by atoms with van der Waals surface area (Å²) in [5.74, 6) is 7.26. The average molecular weight is 376 g/mol. The summed E-state index contributed by atoms with van der Waals surface area (Å²) in [5, 5.41) is 2.83. The van der Waals surface area contributed by atoms with Gasteiger partial charge in [0.1, 0.15) is 6.10 Å². The van der Waals surface area contributed by atoms with Crippen molar-refractivity contribution >= 4 is 5.91 Å². The van der Waals surface area contributed by atoms with Crippen LogP contribution < -0.4 is 14.8 Å². The van der Waals surface area contributed by atoms with Crippen LogP contribution in [-0.4, -0.2) is 42.6 Å². The first-order chi connectivity index (χ1) is 13.7. The fraction of sp³-hybridized carbons (Fsp3) is 0.348. The average Bonchev–Trinajstić information content (AvgIpc) is 2.72. The van der Waals surface area contributed by atoms with Crippen molar-refractivity contribution < 1.29 is 14.3 Å². The first kappa shape index (κ1) is 18.4. The van der Waals surface area contributed by atoms with Crippen molar-refractivity contribution in [3.05, 3.63) is 59.7 Å². The van der Waals surface area contributed by atoms with Gasteiger partial charge in [-0.25, -0.2) is 0 Å². The summed E-state index contributed by atoms with van der Waals surface area (Å²) in [4.78, 5) is 14.8. The second kappa shape index (κ2) is 8.37. The number of fused-ring (bicyclic) bond motifs is 2. The molecule has 0 spiro atoms. The molecule has 2 aromatic rings. The summed E-state index contributed by atoms with van der Waals surface area (Å²) in [6.45, 7) is 4.79. The van der Waals surface area contributed by atoms with Gasteiger partial charge < -0.3 is 14.8 Å². The van der Waals surface area contributed by atoms with Crippen LogP contribution in [0.15, 0.2) is 48.5 Å². The highest BCUT2D eigenvalue weighted by Gasteiger charge is 2.33. The normalized spacial score (nSPS) is 20.5. The molecule has 2 aliphatic rings. The zero-order valence-corrected chi connectivity index (χ0v) is 16.0. The molecule has 144 valence electrons. The van der Waals surface area contributed by atoms with Gasteiger partial charge in [0.2, 0.25) is 6.10 Å². The van der Waals surface area contributed by atoms with Gasteiger partial charge >= 0.3 is 0 Å². The van der Waals surface area contributed by atoms with Crippen LogP contribution >= 0.6 is 0 Å². The number of carbonyl (C=O) groups excluding carboxylic acids is 1. The molecule has 2 heterocycles. The van der Waals surface area contributed by atoms with Crippen LogP contribution in [0.4, 0.5) is 0 Å². The highest BCUT2D eigenvalue weighted by Crippen LogP contribution is 2.33. The van der Waals surface area contributed by atoms with Gasteiger partial charge in [-0.3, -0.25) is 9.69 Å². The van der Waals surface area contributed by atoms with Crippen molar-refractivity contribution in [2.24, 2.45) is 0 Å². The monoisotopic (exact) mass is 376 g/mol. The maximum Gasteiger partial charge on any atom is 0.265 e. The van der Waals surface area contributed by atoms with Crippen LogP contribution in [0, 0.1) is 11.8 Å². The Bertz CT molecular complexity index is 915. The number of nitrogens with zero attached hydrogens (tertiary/aromatic N) is 1. The maximum absolute atomic E-state index is 12.4. The van der Waals surface area contributed by atoms with Gasteiger partial charge in [-0.15, -0.1) is 0 Å². The minimum absolute atomic E-state index is 0.205. The van der Waals surface area contributed by atoms with Crippen LogP contribution in [0.2, 0.25) is 0 Å². The van der Waals surface area contributed by atoms with E-state index in [4.69, 9.17) is 9.47 Å². The molecule has 0 aliphatic carbocycles. The smallest absolute Gasteiger partial charge is 0.265 e. The van der Waals surface area contributed by atoms with E-state index in [1.54, 1.807) is 6.07 Å². The highest BCUT2D eigenvalue weighted by atomic mass is 16.6. The largest absolute Gasteiger partial charge is 0.482 e. The maximum atomic E-state index is 12.4. The molecule has 4 rings (SSSR count). The molecule has 0 saturated carbocycles. The predicted octanol–water partition coefficient (Wildman–Crippen LogP) is 2.39. The highest BCUT2D eigenvalue weighted by molar-refractivity contribution is 5.82. The lowest BCUT2D eigenvalue weighted by Crippen LogP contribution is -2.49. The molecule has 2 atom stereocenters. The number of rotatable bonds is 3. The fourth-order valence-corrected chi connectivity index (χ4v) is 3.56. The zero-order chi connectivity index (χ0) is 19.3. The van der Waals surface area contributed by atoms with E-state index in [1.807, 2.05) is 25.1 Å². The van der Waals surface area contributed by atoms with Gasteiger partial charge in [0.15, 0.2) is 11.5 Å². The Kier molecular flexibility index (Phi) is 5.50. The van der Waals surface area contributed by atoms with Crippen molar-refractivity contribution in [3.8, 4) is 23.3 Å². The number of hydrogen-bond donors (Lipinski definition) is 1. The van der Waals surface area contributed by atoms with E-state index in [0.717, 1.165) is 19.5 Å². The molecule has 0 fully saturated rings. The molecular weight excluding hydrogens is 352 g/mol. The molecule has 5 nitrogen and oxygen atoms in total. The third kappa shape index (κ3) is 4.13. The van der Waals surface area contributed by atoms with Crippen molar-refractivity contribution in [2.45, 2.75) is 32.1 Å². The van der Waals surface area contributed by atoms with Crippen LogP contribution in [0.5, 0.6) is 11.5 Å². The number of benzene rings is 2. The van der Waals surface area contributed by atoms with Crippen molar-refractivity contribution in [2.75, 3.05) is 19.6 Å². The van der Waals surface area contributed by atoms with Crippen molar-refractivity contribution in [1.29, 1.82) is 0 Å². The molecule has 1 amide bonds. The Morgan fingerprint density at radius 1 is 1.07 bits per heavy atom. The molecule has 0 unspecified atom stereocenters. The first-order valence-corrected chi connectivity index (χ1v) is 9.65. The quantitative estimate of drug-likeness (QED) is 0.836. The Labute approximate surface area is 165 Å². The SMILES string of the molecule is C[C@H]1Oc2ccccc2O[C@@H]1C(=O)NCC#CCN1CCc2ccccc2C1. The molecule has 1 N–H and O–H groups in total. The molecular formula is C23H24N2O3. The van der Waals surface area contributed by atoms with E-state index in [0.29, 0.717) is 24.6 Å². The minimum Gasteiger partial charge on any atom is -0.482 e. The van der Waals surface area contributed by atoms with Gasteiger partial charge in [0.25, 0.3) is 5.91 Å². The topological polar surface area (TPSA) is 50.8 Å². The summed E-state index contributed by atoms with van der Waals surface area (Å²) in [6.07, 6.45) is 0.0408. The lowest BCUT2D eigenvalue weighted by Gasteiger charge is -2.30. The standard InChI is InChI=1S/C23H24N2O3/c1-17-22(28-21-11-5-4-10-20(21)27-17)23(26)24-13-6-7-14-25-15-12-18-8-2-3-9-19(18)16-25/h2-5,8-11,17,22H,12-16H2,1H3,(H,24,26)/t17-,22+/m1/s1. The summed E-state index contributed by atoms with van der Waals surface area (Å²) in [7, 11) is 0. The number of carbonyl (C=O) groups is 1. The molecule has 0 radical (unpaired) electrons. The lowest BCUT2D eigenvalue weighted by molar-refractivity contribution is -0.133. The summed E-state index contributed by atoms with van der Waals surface area (Å²) >= 11 is 0. The second-order valence-electron chi connectivity index (χ2n) is 7.11. The molecule has 28 heavy (non-hydrogen) atoms. The first-order valence-electron chi connectivity index (χ1n) is 9.65. The second-order valence-corrected chi connectivity index (χ2v) is 7.11. The molecule has 2 aromatic carbocycles. The van der Waals surface area contributed by atoms with Gasteiger partial charge in [0.05, 0.1) is 13.1 Å². The fourth-order valence-electron chi connectivity index (χ4n) is 3.56. The predicted molar refractivity (Wildman–Crippen MR) is 107 cm³/mol. The van der Waals surface area contributed by atoms with Crippen molar-refractivity contribution in [3.63, 3.8) is 0 Å². The lowest BCUT2D eigenvalue weighted by atomic mass is 10.0. The van der Waals surface area contributed by atoms with E-state index >= 15 is 0 Å². The van der Waals surface area contributed by atoms with Gasteiger partial charge in [-0.1, -0.05) is 48.2 Å². The Morgan fingerprint density at radius 3 is 2.61 bits per heavy atom. The molecule has 0 saturated heterocycles. The van der Waals surface area contributed by atoms with Crippen LogP contribution in [0.25, 0.3) is 0 Å². The third-order valence-corrected chi connectivity index (χ3v) is 5.09. The van der Waals surface area contributed by atoms with Crippen LogP contribution in [0.1, 0.15) is 18.1 Å². The number of para-hydroxylation sites is 2. The number of nitrogens with one attached hydrogen (secondary N) is 1. The van der Waals surface area contributed by atoms with Crippen LogP contribution in [-0.2, 0) is 17.8 Å². The van der Waals surface area contributed by atoms with Gasteiger partial charge in [-0.2, -0.15) is 0 Å². The Morgan fingerprint density at radius 2 is 1.79 bits per heavy atom. The Hall–Kier alpha value is -2.97. The van der Waals surface area contributed by atoms with E-state index in [9.17, 15) is 4.79 Å². The van der Waals surface area contributed by atoms with E-state index in [1.165, 1.54) is 11.1 Å². The summed E-state index contributed by atoms with van der Waals surface area (Å²) in [5.41, 5.74) is 2.82. The van der Waals surface area contributed by atoms with Crippen LogP contribution in [0.3, 0.4) is 0 Å². The number of ether oxygens (including phenoxy) is 2. The summed E-state index contributed by atoms with van der Waals surface area (Å²) in [6, 6.07) is 15.9. The van der Waals surface area contributed by atoms with E-state index < -0.39 is 6.10 Å². The van der Waals surface area contributed by atoms with E-state index in [-0.39, 0.29) is 12.0 Å². The third-order valence-electron chi connectivity index (χ3n) is 5.09. The Balaban J connectivity index is 1.24. The van der Waals surface area contributed by atoms with Crippen molar-refractivity contribution in [1.82, 2.24) is 10.2 Å². The molecule has 5 heteroatoms. The molecule has 2 aliphatic heterocycles. The zero-order valence-electron chi connectivity index (χ0n) is 16.0.